The van der Waals surface area contributed by atoms with Crippen molar-refractivity contribution < 1.29 is 10.2 Å². The molecule has 1 heterocycles. The number of aliphatic hydroxyl groups is 1. The zero-order valence-electron chi connectivity index (χ0n) is 10.7. The van der Waals surface area contributed by atoms with Crippen molar-refractivity contribution in [2.45, 2.75) is 40.3 Å². The van der Waals surface area contributed by atoms with Gasteiger partial charge < -0.3 is 15.9 Å². The lowest BCUT2D eigenvalue weighted by Gasteiger charge is -2.29. The van der Waals surface area contributed by atoms with Gasteiger partial charge in [0.2, 0.25) is 0 Å². The lowest BCUT2D eigenvalue weighted by molar-refractivity contribution is 0.268. The molecule has 1 aromatic heterocycles. The van der Waals surface area contributed by atoms with Crippen molar-refractivity contribution in [3.8, 4) is 5.75 Å². The van der Waals surface area contributed by atoms with Crippen LogP contribution in [0, 0.1) is 12.3 Å². The molecule has 0 aliphatic rings. The Morgan fingerprint density at radius 3 is 2.35 bits per heavy atom. The molecule has 5 heteroatoms. The molecular weight excluding hydrogens is 240 g/mol. The van der Waals surface area contributed by atoms with Crippen LogP contribution in [0.2, 0.25) is 0 Å². The van der Waals surface area contributed by atoms with E-state index in [1.165, 1.54) is 0 Å². The molecule has 0 unspecified atom stereocenters. The minimum Gasteiger partial charge on any atom is -0.506 e. The standard InChI is InChI=1S/C12H20N2O2.ClH/c1-7-10(16)9(8(6-15)5-14-7)11(13)12(2,3)4;/h5,11,15-16H,6,13H2,1-4H3;1H/t11-;/m0./s1. The highest BCUT2D eigenvalue weighted by Gasteiger charge is 2.27. The van der Waals surface area contributed by atoms with E-state index in [-0.39, 0.29) is 36.2 Å². The summed E-state index contributed by atoms with van der Waals surface area (Å²) < 4.78 is 0. The van der Waals surface area contributed by atoms with Crippen LogP contribution in [0.15, 0.2) is 6.20 Å². The number of hydrogen-bond acceptors (Lipinski definition) is 4. The van der Waals surface area contributed by atoms with Gasteiger partial charge in [-0.05, 0) is 12.3 Å². The Morgan fingerprint density at radius 1 is 1.41 bits per heavy atom. The monoisotopic (exact) mass is 260 g/mol. The second kappa shape index (κ2) is 5.67. The van der Waals surface area contributed by atoms with Crippen molar-refractivity contribution in [3.63, 3.8) is 0 Å². The number of pyridine rings is 1. The van der Waals surface area contributed by atoms with Gasteiger partial charge in [-0.25, -0.2) is 0 Å². The normalized spacial score (nSPS) is 13.1. The summed E-state index contributed by atoms with van der Waals surface area (Å²) in [5.41, 5.74) is 7.66. The summed E-state index contributed by atoms with van der Waals surface area (Å²) in [6.45, 7) is 7.53. The highest BCUT2D eigenvalue weighted by Crippen LogP contribution is 2.38. The third kappa shape index (κ3) is 3.31. The maximum Gasteiger partial charge on any atom is 0.141 e. The fraction of sp³-hybridized carbons (Fsp3) is 0.583. The number of aryl methyl sites for hydroxylation is 1. The van der Waals surface area contributed by atoms with Gasteiger partial charge >= 0.3 is 0 Å². The van der Waals surface area contributed by atoms with Gasteiger partial charge in [0.25, 0.3) is 0 Å². The van der Waals surface area contributed by atoms with E-state index >= 15 is 0 Å². The first-order valence-corrected chi connectivity index (χ1v) is 5.32. The molecule has 1 rings (SSSR count). The van der Waals surface area contributed by atoms with Crippen molar-refractivity contribution in [2.75, 3.05) is 0 Å². The highest BCUT2D eigenvalue weighted by molar-refractivity contribution is 5.85. The van der Waals surface area contributed by atoms with Gasteiger partial charge in [0.1, 0.15) is 5.75 Å². The van der Waals surface area contributed by atoms with Gasteiger partial charge in [-0.2, -0.15) is 0 Å². The molecule has 98 valence electrons. The molecule has 0 spiro atoms. The number of halogens is 1. The smallest absolute Gasteiger partial charge is 0.141 e. The molecular formula is C12H21ClN2O2. The number of aromatic hydroxyl groups is 1. The van der Waals surface area contributed by atoms with Crippen molar-refractivity contribution in [1.82, 2.24) is 4.98 Å². The maximum absolute atomic E-state index is 9.99. The van der Waals surface area contributed by atoms with Crippen LogP contribution in [0.3, 0.4) is 0 Å². The number of hydrogen-bond donors (Lipinski definition) is 3. The Balaban J connectivity index is 0.00000256. The van der Waals surface area contributed by atoms with Gasteiger partial charge in [-0.3, -0.25) is 4.98 Å². The Bertz CT molecular complexity index is 389. The first-order chi connectivity index (χ1) is 7.29. The zero-order chi connectivity index (χ0) is 12.5. The van der Waals surface area contributed by atoms with Crippen LogP contribution in [0.25, 0.3) is 0 Å². The summed E-state index contributed by atoms with van der Waals surface area (Å²) in [5.74, 6) is 0.0916. The van der Waals surface area contributed by atoms with E-state index in [1.807, 2.05) is 20.8 Å². The molecule has 0 saturated carbocycles. The molecule has 0 amide bonds. The van der Waals surface area contributed by atoms with E-state index in [1.54, 1.807) is 13.1 Å². The fourth-order valence-electron chi connectivity index (χ4n) is 1.56. The molecule has 4 nitrogen and oxygen atoms in total. The lowest BCUT2D eigenvalue weighted by atomic mass is 9.81. The topological polar surface area (TPSA) is 79.4 Å². The predicted molar refractivity (Wildman–Crippen MR) is 70.2 cm³/mol. The number of aromatic nitrogens is 1. The summed E-state index contributed by atoms with van der Waals surface area (Å²) >= 11 is 0. The molecule has 0 saturated heterocycles. The van der Waals surface area contributed by atoms with Crippen LogP contribution >= 0.6 is 12.4 Å². The van der Waals surface area contributed by atoms with Crippen LogP contribution in [-0.4, -0.2) is 15.2 Å². The van der Waals surface area contributed by atoms with E-state index in [0.717, 1.165) is 0 Å². The summed E-state index contributed by atoms with van der Waals surface area (Å²) in [7, 11) is 0. The largest absolute Gasteiger partial charge is 0.506 e. The van der Waals surface area contributed by atoms with Crippen LogP contribution in [0.5, 0.6) is 5.75 Å². The third-order valence-corrected chi connectivity index (χ3v) is 2.77. The van der Waals surface area contributed by atoms with Crippen LogP contribution in [0.4, 0.5) is 0 Å². The van der Waals surface area contributed by atoms with Crippen LogP contribution in [0.1, 0.15) is 43.6 Å². The van der Waals surface area contributed by atoms with Gasteiger partial charge in [0.05, 0.1) is 12.3 Å². The quantitative estimate of drug-likeness (QED) is 0.760. The first-order valence-electron chi connectivity index (χ1n) is 5.32. The average Bonchev–Trinajstić information content (AvgIpc) is 2.19. The van der Waals surface area contributed by atoms with Crippen molar-refractivity contribution in [1.29, 1.82) is 0 Å². The minimum absolute atomic E-state index is 0. The fourth-order valence-corrected chi connectivity index (χ4v) is 1.56. The van der Waals surface area contributed by atoms with Crippen molar-refractivity contribution >= 4 is 12.4 Å². The van der Waals surface area contributed by atoms with E-state index < -0.39 is 0 Å². The molecule has 0 aliphatic carbocycles. The van der Waals surface area contributed by atoms with Gasteiger partial charge in [-0.15, -0.1) is 12.4 Å². The van der Waals surface area contributed by atoms with Gasteiger partial charge in [0.15, 0.2) is 0 Å². The Kier molecular flexibility index (Phi) is 5.39. The second-order valence-corrected chi connectivity index (χ2v) is 5.13. The molecule has 0 fully saturated rings. The van der Waals surface area contributed by atoms with E-state index in [2.05, 4.69) is 4.98 Å². The number of nitrogens with two attached hydrogens (primary N) is 1. The molecule has 0 radical (unpaired) electrons. The average molecular weight is 261 g/mol. The van der Waals surface area contributed by atoms with Gasteiger partial charge in [-0.1, -0.05) is 20.8 Å². The van der Waals surface area contributed by atoms with Crippen molar-refractivity contribution in [3.05, 3.63) is 23.0 Å². The number of rotatable bonds is 2. The lowest BCUT2D eigenvalue weighted by Crippen LogP contribution is -2.27. The molecule has 0 aliphatic heterocycles. The number of aliphatic hydroxyl groups excluding tert-OH is 1. The summed E-state index contributed by atoms with van der Waals surface area (Å²) in [6, 6.07) is -0.337. The SMILES string of the molecule is Cc1ncc(CO)c([C@H](N)C(C)(C)C)c1O.Cl. The zero-order valence-corrected chi connectivity index (χ0v) is 11.5. The molecule has 4 N–H and O–H groups in total. The Labute approximate surface area is 108 Å². The van der Waals surface area contributed by atoms with E-state index in [0.29, 0.717) is 16.8 Å². The predicted octanol–water partition coefficient (Wildman–Crippen LogP) is 2.06. The molecule has 1 atom stereocenters. The summed E-state index contributed by atoms with van der Waals surface area (Å²) in [5, 5.41) is 19.2. The molecule has 1 aromatic rings. The van der Waals surface area contributed by atoms with Gasteiger partial charge in [0, 0.05) is 23.4 Å². The summed E-state index contributed by atoms with van der Waals surface area (Å²) in [4.78, 5) is 4.01. The minimum atomic E-state index is -0.337. The van der Waals surface area contributed by atoms with Crippen LogP contribution < -0.4 is 5.73 Å². The summed E-state index contributed by atoms with van der Waals surface area (Å²) in [6.07, 6.45) is 1.57. The maximum atomic E-state index is 9.99. The van der Waals surface area contributed by atoms with E-state index in [9.17, 15) is 10.2 Å². The third-order valence-electron chi connectivity index (χ3n) is 2.77. The van der Waals surface area contributed by atoms with Crippen LogP contribution in [-0.2, 0) is 6.61 Å². The molecule has 0 bridgehead atoms. The second-order valence-electron chi connectivity index (χ2n) is 5.13. The van der Waals surface area contributed by atoms with Crippen molar-refractivity contribution in [2.24, 2.45) is 11.1 Å². The first kappa shape index (κ1) is 16.2. The molecule has 0 aromatic carbocycles. The number of nitrogens with zero attached hydrogens (tertiary/aromatic N) is 1. The Morgan fingerprint density at radius 2 is 1.94 bits per heavy atom. The molecule has 17 heavy (non-hydrogen) atoms. The Hall–Kier alpha value is -0.840. The van der Waals surface area contributed by atoms with E-state index in [4.69, 9.17) is 5.73 Å². The highest BCUT2D eigenvalue weighted by atomic mass is 35.5.